The van der Waals surface area contributed by atoms with Gasteiger partial charge in [-0.2, -0.15) is 0 Å². The van der Waals surface area contributed by atoms with Crippen LogP contribution in [-0.2, 0) is 6.54 Å². The van der Waals surface area contributed by atoms with E-state index in [1.807, 2.05) is 55.5 Å². The number of aryl methyl sites for hydroxylation is 1. The SMILES string of the molecule is Cc1ccc2nc(N)n3c(=O)n(Cc4ccccc4)nc3c2c1. The second-order valence-corrected chi connectivity index (χ2v) is 5.58. The van der Waals surface area contributed by atoms with Gasteiger partial charge in [0.25, 0.3) is 0 Å². The summed E-state index contributed by atoms with van der Waals surface area (Å²) in [6, 6.07) is 15.5. The molecule has 6 nitrogen and oxygen atoms in total. The van der Waals surface area contributed by atoms with Crippen molar-refractivity contribution in [2.45, 2.75) is 13.5 Å². The number of hydrogen-bond donors (Lipinski definition) is 1. The van der Waals surface area contributed by atoms with Crippen molar-refractivity contribution in [3.8, 4) is 0 Å². The summed E-state index contributed by atoms with van der Waals surface area (Å²) in [5.74, 6) is 0.153. The zero-order chi connectivity index (χ0) is 16.0. The van der Waals surface area contributed by atoms with Gasteiger partial charge in [-0.1, -0.05) is 42.0 Å². The lowest BCUT2D eigenvalue weighted by molar-refractivity contribution is 0.659. The minimum Gasteiger partial charge on any atom is -0.369 e. The van der Waals surface area contributed by atoms with E-state index in [-0.39, 0.29) is 11.6 Å². The molecule has 0 amide bonds. The largest absolute Gasteiger partial charge is 0.369 e. The first-order chi connectivity index (χ1) is 11.1. The summed E-state index contributed by atoms with van der Waals surface area (Å²) in [4.78, 5) is 16.9. The molecular weight excluding hydrogens is 290 g/mol. The van der Waals surface area contributed by atoms with E-state index in [4.69, 9.17) is 5.73 Å². The molecule has 0 aliphatic heterocycles. The third-order valence-corrected chi connectivity index (χ3v) is 3.87. The molecule has 2 aromatic carbocycles. The second kappa shape index (κ2) is 4.95. The van der Waals surface area contributed by atoms with Gasteiger partial charge in [0.15, 0.2) is 5.65 Å². The van der Waals surface area contributed by atoms with Gasteiger partial charge in [-0.05, 0) is 24.6 Å². The van der Waals surface area contributed by atoms with E-state index >= 15 is 0 Å². The molecule has 6 heteroatoms. The van der Waals surface area contributed by atoms with Crippen LogP contribution in [-0.4, -0.2) is 19.2 Å². The summed E-state index contributed by atoms with van der Waals surface area (Å²) in [7, 11) is 0. The number of aromatic nitrogens is 4. The monoisotopic (exact) mass is 305 g/mol. The van der Waals surface area contributed by atoms with E-state index in [9.17, 15) is 4.79 Å². The van der Waals surface area contributed by atoms with Crippen molar-refractivity contribution in [3.63, 3.8) is 0 Å². The number of fused-ring (bicyclic) bond motifs is 3. The number of rotatable bonds is 2. The quantitative estimate of drug-likeness (QED) is 0.614. The average molecular weight is 305 g/mol. The Bertz CT molecular complexity index is 1080. The van der Waals surface area contributed by atoms with Crippen molar-refractivity contribution in [1.82, 2.24) is 19.2 Å². The van der Waals surface area contributed by atoms with Crippen LogP contribution in [0.4, 0.5) is 5.95 Å². The average Bonchev–Trinajstić information content (AvgIpc) is 2.87. The maximum Gasteiger partial charge on any atom is 0.353 e. The lowest BCUT2D eigenvalue weighted by Gasteiger charge is -2.02. The third kappa shape index (κ3) is 2.15. The Morgan fingerprint density at radius 1 is 1.13 bits per heavy atom. The highest BCUT2D eigenvalue weighted by atomic mass is 16.2. The van der Waals surface area contributed by atoms with Crippen molar-refractivity contribution in [3.05, 3.63) is 70.1 Å². The van der Waals surface area contributed by atoms with E-state index < -0.39 is 0 Å². The molecule has 4 aromatic rings. The van der Waals surface area contributed by atoms with Gasteiger partial charge in [-0.3, -0.25) is 0 Å². The van der Waals surface area contributed by atoms with Gasteiger partial charge in [-0.25, -0.2) is 18.9 Å². The molecule has 4 rings (SSSR count). The fourth-order valence-electron chi connectivity index (χ4n) is 2.75. The van der Waals surface area contributed by atoms with Crippen LogP contribution >= 0.6 is 0 Å². The highest BCUT2D eigenvalue weighted by molar-refractivity contribution is 5.92. The predicted molar refractivity (Wildman–Crippen MR) is 89.4 cm³/mol. The Hall–Kier alpha value is -3.15. The Morgan fingerprint density at radius 2 is 1.91 bits per heavy atom. The molecule has 23 heavy (non-hydrogen) atoms. The van der Waals surface area contributed by atoms with E-state index in [0.29, 0.717) is 12.2 Å². The Labute approximate surface area is 131 Å². The molecule has 0 saturated heterocycles. The second-order valence-electron chi connectivity index (χ2n) is 5.58. The van der Waals surface area contributed by atoms with E-state index in [0.717, 1.165) is 22.0 Å². The summed E-state index contributed by atoms with van der Waals surface area (Å²) in [5, 5.41) is 5.31. The summed E-state index contributed by atoms with van der Waals surface area (Å²) in [5.41, 5.74) is 9.04. The maximum absolute atomic E-state index is 12.6. The number of benzene rings is 2. The zero-order valence-corrected chi connectivity index (χ0v) is 12.6. The Balaban J connectivity index is 1.99. The number of anilines is 1. The van der Waals surface area contributed by atoms with E-state index in [2.05, 4.69) is 10.1 Å². The topological polar surface area (TPSA) is 78.2 Å². The van der Waals surface area contributed by atoms with Gasteiger partial charge in [-0.15, -0.1) is 5.10 Å². The molecule has 0 fully saturated rings. The van der Waals surface area contributed by atoms with Crippen molar-refractivity contribution in [2.75, 3.05) is 5.73 Å². The summed E-state index contributed by atoms with van der Waals surface area (Å²) >= 11 is 0. The summed E-state index contributed by atoms with van der Waals surface area (Å²) in [6.45, 7) is 2.39. The maximum atomic E-state index is 12.6. The van der Waals surface area contributed by atoms with Crippen LogP contribution in [0, 0.1) is 6.92 Å². The molecule has 0 radical (unpaired) electrons. The fourth-order valence-corrected chi connectivity index (χ4v) is 2.75. The van der Waals surface area contributed by atoms with Crippen molar-refractivity contribution in [1.29, 1.82) is 0 Å². The van der Waals surface area contributed by atoms with Crippen LogP contribution in [0.25, 0.3) is 16.6 Å². The molecule has 0 aliphatic rings. The minimum atomic E-state index is -0.280. The molecule has 0 atom stereocenters. The Kier molecular flexibility index (Phi) is 2.90. The van der Waals surface area contributed by atoms with Gasteiger partial charge in [0.05, 0.1) is 12.1 Å². The molecule has 0 spiro atoms. The lowest BCUT2D eigenvalue weighted by atomic mass is 10.1. The van der Waals surface area contributed by atoms with E-state index in [1.54, 1.807) is 0 Å². The fraction of sp³-hybridized carbons (Fsp3) is 0.118. The summed E-state index contributed by atoms with van der Waals surface area (Å²) < 4.78 is 2.79. The molecular formula is C17H15N5O. The first-order valence-corrected chi connectivity index (χ1v) is 7.33. The van der Waals surface area contributed by atoms with Gasteiger partial charge in [0, 0.05) is 5.39 Å². The molecule has 0 saturated carbocycles. The van der Waals surface area contributed by atoms with Crippen molar-refractivity contribution in [2.24, 2.45) is 0 Å². The van der Waals surface area contributed by atoms with Crippen molar-refractivity contribution < 1.29 is 0 Å². The molecule has 2 N–H and O–H groups in total. The van der Waals surface area contributed by atoms with Crippen LogP contribution in [0.3, 0.4) is 0 Å². The normalized spacial score (nSPS) is 11.3. The lowest BCUT2D eigenvalue weighted by Crippen LogP contribution is -2.23. The van der Waals surface area contributed by atoms with Gasteiger partial charge in [0.1, 0.15) is 0 Å². The standard InChI is InChI=1S/C17H15N5O/c1-11-7-8-14-13(9-11)15-20-21(10-12-5-3-2-4-6-12)17(23)22(15)16(18)19-14/h2-9H,10H2,1H3,(H2,18,19). The molecule has 114 valence electrons. The van der Waals surface area contributed by atoms with Crippen LogP contribution in [0.2, 0.25) is 0 Å². The molecule has 0 bridgehead atoms. The Morgan fingerprint density at radius 3 is 2.70 bits per heavy atom. The highest BCUT2D eigenvalue weighted by Crippen LogP contribution is 2.19. The van der Waals surface area contributed by atoms with Gasteiger partial charge in [0.2, 0.25) is 5.95 Å². The number of nitrogens with zero attached hydrogens (tertiary/aromatic N) is 4. The number of nitrogen functional groups attached to an aromatic ring is 1. The van der Waals surface area contributed by atoms with Crippen LogP contribution in [0.1, 0.15) is 11.1 Å². The minimum absolute atomic E-state index is 0.153. The third-order valence-electron chi connectivity index (χ3n) is 3.87. The summed E-state index contributed by atoms with van der Waals surface area (Å²) in [6.07, 6.45) is 0. The van der Waals surface area contributed by atoms with Gasteiger partial charge >= 0.3 is 5.69 Å². The van der Waals surface area contributed by atoms with Crippen molar-refractivity contribution >= 4 is 22.5 Å². The van der Waals surface area contributed by atoms with Gasteiger partial charge < -0.3 is 5.73 Å². The van der Waals surface area contributed by atoms with Crippen LogP contribution in [0.15, 0.2) is 53.3 Å². The first kappa shape index (κ1) is 13.5. The smallest absolute Gasteiger partial charge is 0.353 e. The van der Waals surface area contributed by atoms with Crippen LogP contribution in [0.5, 0.6) is 0 Å². The molecule has 0 aliphatic carbocycles. The number of nitrogens with two attached hydrogens (primary N) is 1. The zero-order valence-electron chi connectivity index (χ0n) is 12.6. The molecule has 2 heterocycles. The molecule has 0 unspecified atom stereocenters. The molecule has 2 aromatic heterocycles. The number of hydrogen-bond acceptors (Lipinski definition) is 4. The van der Waals surface area contributed by atoms with Crippen LogP contribution < -0.4 is 11.4 Å². The van der Waals surface area contributed by atoms with E-state index in [1.165, 1.54) is 9.08 Å². The highest BCUT2D eigenvalue weighted by Gasteiger charge is 2.14. The first-order valence-electron chi connectivity index (χ1n) is 7.33. The predicted octanol–water partition coefficient (Wildman–Crippen LogP) is 1.98.